The molecule has 0 saturated carbocycles. The Morgan fingerprint density at radius 2 is 2.25 bits per heavy atom. The van der Waals surface area contributed by atoms with Crippen LogP contribution in [0.15, 0.2) is 12.3 Å². The van der Waals surface area contributed by atoms with Crippen molar-refractivity contribution in [3.05, 3.63) is 23.6 Å². The van der Waals surface area contributed by atoms with Gasteiger partial charge in [-0.2, -0.15) is 11.8 Å². The molecule has 0 radical (unpaired) electrons. The summed E-state index contributed by atoms with van der Waals surface area (Å²) in [6.07, 6.45) is 1.32. The predicted molar refractivity (Wildman–Crippen MR) is 84.9 cm³/mol. The lowest BCUT2D eigenvalue weighted by Gasteiger charge is -2.35. The number of aromatic nitrogens is 1. The first-order chi connectivity index (χ1) is 9.37. The molecule has 0 aliphatic carbocycles. The molecule has 1 N–H and O–H groups in total. The number of hydrogen-bond donors (Lipinski definition) is 1. The van der Waals surface area contributed by atoms with Gasteiger partial charge in [-0.1, -0.05) is 0 Å². The van der Waals surface area contributed by atoms with Gasteiger partial charge in [-0.25, -0.2) is 9.37 Å². The Morgan fingerprint density at radius 1 is 1.50 bits per heavy atom. The molecule has 2 rings (SSSR count). The van der Waals surface area contributed by atoms with Gasteiger partial charge >= 0.3 is 0 Å². The van der Waals surface area contributed by atoms with Crippen molar-refractivity contribution in [1.29, 1.82) is 0 Å². The van der Waals surface area contributed by atoms with E-state index < -0.39 is 0 Å². The molecule has 0 amide bonds. The molecule has 0 aromatic carbocycles. The summed E-state index contributed by atoms with van der Waals surface area (Å²) in [5.74, 6) is 2.87. The highest BCUT2D eigenvalue weighted by molar-refractivity contribution is 7.99. The Bertz CT molecular complexity index is 459. The van der Waals surface area contributed by atoms with Gasteiger partial charge in [-0.3, -0.25) is 0 Å². The molecule has 1 aromatic rings. The van der Waals surface area contributed by atoms with Crippen molar-refractivity contribution in [2.24, 2.45) is 0 Å². The van der Waals surface area contributed by atoms with Gasteiger partial charge in [-0.15, -0.1) is 0 Å². The van der Waals surface area contributed by atoms with Crippen LogP contribution in [-0.4, -0.2) is 34.6 Å². The van der Waals surface area contributed by atoms with Crippen molar-refractivity contribution < 1.29 is 4.39 Å². The summed E-state index contributed by atoms with van der Waals surface area (Å²) in [7, 11) is 0. The first-order valence-corrected chi connectivity index (χ1v) is 8.26. The Labute approximate surface area is 125 Å². The largest absolute Gasteiger partial charge is 0.352 e. The highest BCUT2D eigenvalue weighted by Crippen LogP contribution is 2.26. The quantitative estimate of drug-likeness (QED) is 0.928. The van der Waals surface area contributed by atoms with Crippen LogP contribution in [0.5, 0.6) is 0 Å². The second-order valence-corrected chi connectivity index (χ2v) is 7.51. The van der Waals surface area contributed by atoms with Gasteiger partial charge < -0.3 is 10.2 Å². The van der Waals surface area contributed by atoms with E-state index >= 15 is 0 Å². The third kappa shape index (κ3) is 4.09. The lowest BCUT2D eigenvalue weighted by Crippen LogP contribution is -2.42. The molecule has 1 aromatic heterocycles. The molecular weight excluding hydrogens is 273 g/mol. The fraction of sp³-hybridized carbons (Fsp3) is 0.667. The van der Waals surface area contributed by atoms with Gasteiger partial charge in [0.15, 0.2) is 0 Å². The van der Waals surface area contributed by atoms with E-state index in [4.69, 9.17) is 0 Å². The summed E-state index contributed by atoms with van der Waals surface area (Å²) in [6.45, 7) is 10.2. The standard InChI is InChI=1S/C15H24FN3S/c1-11-10-20-6-5-19(11)14-12(7-13(16)9-17-14)8-18-15(2,3)4/h7,9,11,18H,5-6,8,10H2,1-4H3. The van der Waals surface area contributed by atoms with Gasteiger partial charge in [0.1, 0.15) is 11.6 Å². The number of halogens is 1. The topological polar surface area (TPSA) is 28.2 Å². The van der Waals surface area contributed by atoms with Gasteiger partial charge in [0.05, 0.1) is 6.20 Å². The highest BCUT2D eigenvalue weighted by Gasteiger charge is 2.23. The second-order valence-electron chi connectivity index (χ2n) is 6.36. The molecule has 1 aliphatic heterocycles. The van der Waals surface area contributed by atoms with Crippen LogP contribution in [0.1, 0.15) is 33.3 Å². The normalized spacial score (nSPS) is 20.2. The fourth-order valence-corrected chi connectivity index (χ4v) is 3.28. The molecule has 3 nitrogen and oxygen atoms in total. The molecule has 5 heteroatoms. The first-order valence-electron chi connectivity index (χ1n) is 7.10. The lowest BCUT2D eigenvalue weighted by atomic mass is 10.1. The van der Waals surface area contributed by atoms with Gasteiger partial charge in [0.2, 0.25) is 0 Å². The average molecular weight is 297 g/mol. The minimum Gasteiger partial charge on any atom is -0.352 e. The van der Waals surface area contributed by atoms with Crippen LogP contribution in [0.3, 0.4) is 0 Å². The van der Waals surface area contributed by atoms with Crippen LogP contribution in [0, 0.1) is 5.82 Å². The Kier molecular flexibility index (Phi) is 4.91. The molecule has 0 bridgehead atoms. The SMILES string of the molecule is CC1CSCCN1c1ncc(F)cc1CNC(C)(C)C. The highest BCUT2D eigenvalue weighted by atomic mass is 32.2. The summed E-state index contributed by atoms with van der Waals surface area (Å²) in [5.41, 5.74) is 0.950. The number of rotatable bonds is 3. The van der Waals surface area contributed by atoms with E-state index in [1.807, 2.05) is 11.8 Å². The summed E-state index contributed by atoms with van der Waals surface area (Å²) in [6, 6.07) is 2.05. The molecule has 2 heterocycles. The van der Waals surface area contributed by atoms with E-state index in [0.29, 0.717) is 12.6 Å². The Hall–Kier alpha value is -0.810. The summed E-state index contributed by atoms with van der Waals surface area (Å²) in [4.78, 5) is 6.66. The number of anilines is 1. The van der Waals surface area contributed by atoms with Crippen LogP contribution in [0.25, 0.3) is 0 Å². The Balaban J connectivity index is 2.23. The van der Waals surface area contributed by atoms with Crippen molar-refractivity contribution >= 4 is 17.6 Å². The van der Waals surface area contributed by atoms with Crippen molar-refractivity contribution in [2.75, 3.05) is 23.0 Å². The van der Waals surface area contributed by atoms with E-state index in [-0.39, 0.29) is 11.4 Å². The molecule has 1 atom stereocenters. The predicted octanol–water partition coefficient (Wildman–Crippen LogP) is 3.05. The van der Waals surface area contributed by atoms with E-state index in [0.717, 1.165) is 29.4 Å². The van der Waals surface area contributed by atoms with Crippen molar-refractivity contribution in [3.8, 4) is 0 Å². The lowest BCUT2D eigenvalue weighted by molar-refractivity contribution is 0.423. The van der Waals surface area contributed by atoms with Crippen molar-refractivity contribution in [2.45, 2.75) is 45.8 Å². The van der Waals surface area contributed by atoms with Crippen LogP contribution in [0.2, 0.25) is 0 Å². The smallest absolute Gasteiger partial charge is 0.141 e. The fourth-order valence-electron chi connectivity index (χ4n) is 2.26. The summed E-state index contributed by atoms with van der Waals surface area (Å²) < 4.78 is 13.5. The molecule has 1 unspecified atom stereocenters. The van der Waals surface area contributed by atoms with E-state index in [2.05, 4.69) is 42.9 Å². The summed E-state index contributed by atoms with van der Waals surface area (Å²) in [5, 5.41) is 3.42. The third-order valence-corrected chi connectivity index (χ3v) is 4.55. The number of nitrogens with zero attached hydrogens (tertiary/aromatic N) is 2. The zero-order chi connectivity index (χ0) is 14.8. The maximum Gasteiger partial charge on any atom is 0.141 e. The minimum atomic E-state index is -0.265. The van der Waals surface area contributed by atoms with E-state index in [1.165, 1.54) is 6.20 Å². The minimum absolute atomic E-state index is 0.00690. The van der Waals surface area contributed by atoms with Gasteiger partial charge in [0, 0.05) is 41.7 Å². The van der Waals surface area contributed by atoms with Gasteiger partial charge in [-0.05, 0) is 33.8 Å². The second kappa shape index (κ2) is 6.31. The number of thioether (sulfide) groups is 1. The monoisotopic (exact) mass is 297 g/mol. The van der Waals surface area contributed by atoms with Crippen LogP contribution >= 0.6 is 11.8 Å². The van der Waals surface area contributed by atoms with Crippen molar-refractivity contribution in [3.63, 3.8) is 0 Å². The zero-order valence-corrected chi connectivity index (χ0v) is 13.6. The zero-order valence-electron chi connectivity index (χ0n) is 12.7. The molecule has 1 saturated heterocycles. The van der Waals surface area contributed by atoms with Crippen molar-refractivity contribution in [1.82, 2.24) is 10.3 Å². The van der Waals surface area contributed by atoms with Crippen LogP contribution in [-0.2, 0) is 6.54 Å². The number of hydrogen-bond acceptors (Lipinski definition) is 4. The van der Waals surface area contributed by atoms with Crippen LogP contribution < -0.4 is 10.2 Å². The first kappa shape index (κ1) is 15.6. The molecule has 0 spiro atoms. The molecular formula is C15H24FN3S. The maximum atomic E-state index is 13.5. The number of pyridine rings is 1. The van der Waals surface area contributed by atoms with E-state index in [9.17, 15) is 4.39 Å². The number of nitrogens with one attached hydrogen (secondary N) is 1. The Morgan fingerprint density at radius 3 is 2.90 bits per heavy atom. The van der Waals surface area contributed by atoms with Gasteiger partial charge in [0.25, 0.3) is 0 Å². The molecule has 1 aliphatic rings. The summed E-state index contributed by atoms with van der Waals surface area (Å²) >= 11 is 1.97. The maximum absolute atomic E-state index is 13.5. The molecule has 112 valence electrons. The van der Waals surface area contributed by atoms with E-state index in [1.54, 1.807) is 6.07 Å². The molecule has 1 fully saturated rings. The average Bonchev–Trinajstić information content (AvgIpc) is 2.37. The van der Waals surface area contributed by atoms with Crippen LogP contribution in [0.4, 0.5) is 10.2 Å². The molecule has 20 heavy (non-hydrogen) atoms. The third-order valence-electron chi connectivity index (χ3n) is 3.36.